The number of ether oxygens (including phenoxy) is 4. The van der Waals surface area contributed by atoms with Crippen LogP contribution in [0.25, 0.3) is 0 Å². The minimum atomic E-state index is -0.0178. The predicted molar refractivity (Wildman–Crippen MR) is 234 cm³/mol. The van der Waals surface area contributed by atoms with Crippen LogP contribution in [0.5, 0.6) is 0 Å². The van der Waals surface area contributed by atoms with Crippen LogP contribution in [0.15, 0.2) is 0 Å². The molecule has 0 spiro atoms. The van der Waals surface area contributed by atoms with E-state index in [2.05, 4.69) is 32.7 Å². The van der Waals surface area contributed by atoms with Crippen molar-refractivity contribution in [3.05, 3.63) is 0 Å². The highest BCUT2D eigenvalue weighted by molar-refractivity contribution is 4.88. The number of rotatable bonds is 38. The molecule has 2 aliphatic carbocycles. The van der Waals surface area contributed by atoms with E-state index in [1.807, 2.05) is 0 Å². The van der Waals surface area contributed by atoms with Crippen molar-refractivity contribution in [1.29, 1.82) is 0 Å². The Kier molecular flexibility index (Phi) is 25.8. The predicted octanol–water partition coefficient (Wildman–Crippen LogP) is 13.7. The standard InChI is InChI=1S/C50H95NO4/c1-5-7-9-11-17-23-29-43-37-45(43)31-25-19-13-15-21-27-35-52-48-41-55-49(40-54-42(3)47-33-34-51(4)39-47)50(48)53-36-28-22-16-14-20-26-32-46-38-44(46)30-24-18-12-10-8-6-2/h42-50H,5-41H2,1-4H3/t42?,43?,44?,45?,46?,47?,48-,49+,50+/m0/s1. The van der Waals surface area contributed by atoms with Gasteiger partial charge in [0.05, 0.1) is 19.3 Å². The first-order valence-electron chi connectivity index (χ1n) is 25.2. The fourth-order valence-electron chi connectivity index (χ4n) is 10.2. The van der Waals surface area contributed by atoms with Crippen molar-refractivity contribution in [3.63, 3.8) is 0 Å². The monoisotopic (exact) mass is 774 g/mol. The molecule has 0 aromatic rings. The van der Waals surface area contributed by atoms with E-state index in [1.54, 1.807) is 0 Å². The molecule has 0 radical (unpaired) electrons. The van der Waals surface area contributed by atoms with Crippen LogP contribution >= 0.6 is 0 Å². The number of hydrogen-bond acceptors (Lipinski definition) is 5. The van der Waals surface area contributed by atoms with Gasteiger partial charge >= 0.3 is 0 Å². The summed E-state index contributed by atoms with van der Waals surface area (Å²) in [4.78, 5) is 2.42. The van der Waals surface area contributed by atoms with Crippen molar-refractivity contribution in [2.45, 2.75) is 244 Å². The van der Waals surface area contributed by atoms with E-state index in [0.29, 0.717) is 19.1 Å². The SMILES string of the molecule is CCCCCCCCC1CC1CCCCCCCCO[C@@H]1[C@@H](OCCCCCCCCC2CC2CCCCCCCC)CO[C@@H]1COC(C)C1CCN(C)C1. The maximum absolute atomic E-state index is 6.60. The summed E-state index contributed by atoms with van der Waals surface area (Å²) in [5.74, 6) is 4.93. The van der Waals surface area contributed by atoms with Crippen molar-refractivity contribution in [2.75, 3.05) is 46.6 Å². The van der Waals surface area contributed by atoms with Crippen LogP contribution in [0, 0.1) is 29.6 Å². The second-order valence-electron chi connectivity index (χ2n) is 19.4. The number of unbranched alkanes of at least 4 members (excludes halogenated alkanes) is 20. The average Bonchev–Trinajstić information content (AvgIpc) is 4.03. The van der Waals surface area contributed by atoms with E-state index in [1.165, 1.54) is 193 Å². The Morgan fingerprint density at radius 1 is 0.564 bits per heavy atom. The summed E-state index contributed by atoms with van der Waals surface area (Å²) < 4.78 is 25.9. The Morgan fingerprint density at radius 3 is 1.45 bits per heavy atom. The molecule has 2 saturated carbocycles. The summed E-state index contributed by atoms with van der Waals surface area (Å²) in [7, 11) is 2.22. The lowest BCUT2D eigenvalue weighted by atomic mass is 10.0. The van der Waals surface area contributed by atoms with E-state index in [9.17, 15) is 0 Å². The van der Waals surface area contributed by atoms with Crippen molar-refractivity contribution >= 4 is 0 Å². The van der Waals surface area contributed by atoms with Gasteiger partial charge in [-0.3, -0.25) is 0 Å². The number of nitrogens with zero attached hydrogens (tertiary/aromatic N) is 1. The molecular weight excluding hydrogens is 679 g/mol. The summed E-state index contributed by atoms with van der Waals surface area (Å²) in [5.41, 5.74) is 0. The van der Waals surface area contributed by atoms with Crippen LogP contribution in [0.3, 0.4) is 0 Å². The molecule has 0 amide bonds. The zero-order valence-electron chi connectivity index (χ0n) is 37.4. The fraction of sp³-hybridized carbons (Fsp3) is 1.00. The number of hydrogen-bond donors (Lipinski definition) is 0. The highest BCUT2D eigenvalue weighted by Crippen LogP contribution is 2.46. The zero-order chi connectivity index (χ0) is 38.8. The lowest BCUT2D eigenvalue weighted by Gasteiger charge is -2.26. The van der Waals surface area contributed by atoms with Crippen molar-refractivity contribution in [3.8, 4) is 0 Å². The van der Waals surface area contributed by atoms with Crippen LogP contribution in [0.4, 0.5) is 0 Å². The molecule has 0 aromatic heterocycles. The van der Waals surface area contributed by atoms with Gasteiger partial charge in [-0.05, 0) is 82.2 Å². The zero-order valence-corrected chi connectivity index (χ0v) is 37.4. The highest BCUT2D eigenvalue weighted by atomic mass is 16.6. The van der Waals surface area contributed by atoms with Gasteiger partial charge in [0.2, 0.25) is 0 Å². The van der Waals surface area contributed by atoms with Crippen LogP contribution in [0.2, 0.25) is 0 Å². The third kappa shape index (κ3) is 21.1. The topological polar surface area (TPSA) is 40.2 Å². The lowest BCUT2D eigenvalue weighted by Crippen LogP contribution is -2.39. The molecule has 6 unspecified atom stereocenters. The van der Waals surface area contributed by atoms with E-state index in [-0.39, 0.29) is 24.4 Å². The molecule has 5 nitrogen and oxygen atoms in total. The Morgan fingerprint density at radius 2 is 1.00 bits per heavy atom. The third-order valence-corrected chi connectivity index (χ3v) is 14.4. The Balaban J connectivity index is 0.999. The molecule has 0 N–H and O–H groups in total. The van der Waals surface area contributed by atoms with Crippen LogP contribution in [-0.2, 0) is 18.9 Å². The maximum atomic E-state index is 6.60. The second kappa shape index (κ2) is 29.9. The van der Waals surface area contributed by atoms with Crippen molar-refractivity contribution in [2.24, 2.45) is 29.6 Å². The first-order chi connectivity index (χ1) is 27.1. The minimum absolute atomic E-state index is 0.00594. The molecule has 4 aliphatic rings. The Labute approximate surface area is 343 Å². The molecule has 0 aromatic carbocycles. The Hall–Kier alpha value is -0.200. The molecule has 5 heteroatoms. The van der Waals surface area contributed by atoms with Gasteiger partial charge in [-0.25, -0.2) is 0 Å². The molecule has 2 heterocycles. The van der Waals surface area contributed by atoms with Crippen LogP contribution in [-0.4, -0.2) is 75.9 Å². The van der Waals surface area contributed by atoms with Gasteiger partial charge in [0.15, 0.2) is 0 Å². The van der Waals surface area contributed by atoms with Gasteiger partial charge in [0.1, 0.15) is 18.3 Å². The summed E-state index contributed by atoms with van der Waals surface area (Å²) in [5, 5.41) is 0. The maximum Gasteiger partial charge on any atom is 0.114 e. The first kappa shape index (κ1) is 47.5. The van der Waals surface area contributed by atoms with E-state index in [0.717, 1.165) is 56.3 Å². The van der Waals surface area contributed by atoms with Crippen LogP contribution in [0.1, 0.15) is 220 Å². The highest BCUT2D eigenvalue weighted by Gasteiger charge is 2.40. The fourth-order valence-corrected chi connectivity index (χ4v) is 10.2. The third-order valence-electron chi connectivity index (χ3n) is 14.4. The van der Waals surface area contributed by atoms with Crippen molar-refractivity contribution in [1.82, 2.24) is 4.90 Å². The van der Waals surface area contributed by atoms with Gasteiger partial charge in [-0.15, -0.1) is 0 Å². The van der Waals surface area contributed by atoms with Gasteiger partial charge in [0.25, 0.3) is 0 Å². The minimum Gasteiger partial charge on any atom is -0.375 e. The van der Waals surface area contributed by atoms with Crippen LogP contribution < -0.4 is 0 Å². The molecule has 0 bridgehead atoms. The van der Waals surface area contributed by atoms with E-state index in [4.69, 9.17) is 18.9 Å². The normalized spacial score (nSPS) is 28.4. The van der Waals surface area contributed by atoms with E-state index >= 15 is 0 Å². The molecule has 55 heavy (non-hydrogen) atoms. The molecule has 324 valence electrons. The molecule has 9 atom stereocenters. The molecule has 4 fully saturated rings. The summed E-state index contributed by atoms with van der Waals surface area (Å²) in [6.07, 6.45) is 44.0. The summed E-state index contributed by atoms with van der Waals surface area (Å²) >= 11 is 0. The quantitative estimate of drug-likeness (QED) is 0.0585. The van der Waals surface area contributed by atoms with Gasteiger partial charge in [0, 0.05) is 19.8 Å². The first-order valence-corrected chi connectivity index (χ1v) is 25.2. The van der Waals surface area contributed by atoms with Gasteiger partial charge < -0.3 is 23.8 Å². The number of likely N-dealkylation sites (tertiary alicyclic amines) is 1. The van der Waals surface area contributed by atoms with Gasteiger partial charge in [-0.2, -0.15) is 0 Å². The van der Waals surface area contributed by atoms with Crippen molar-refractivity contribution < 1.29 is 18.9 Å². The largest absolute Gasteiger partial charge is 0.375 e. The van der Waals surface area contributed by atoms with Gasteiger partial charge in [-0.1, -0.05) is 181 Å². The molecular formula is C50H95NO4. The second-order valence-corrected chi connectivity index (χ2v) is 19.4. The Bertz CT molecular complexity index is 901. The summed E-state index contributed by atoms with van der Waals surface area (Å²) in [6, 6.07) is 0. The van der Waals surface area contributed by atoms with E-state index < -0.39 is 0 Å². The average molecular weight is 774 g/mol. The summed E-state index contributed by atoms with van der Waals surface area (Å²) in [6.45, 7) is 12.1. The molecule has 2 saturated heterocycles. The molecule has 4 rings (SSSR count). The smallest absolute Gasteiger partial charge is 0.114 e. The molecule has 2 aliphatic heterocycles. The lowest BCUT2D eigenvalue weighted by molar-refractivity contribution is -0.0928.